The van der Waals surface area contributed by atoms with E-state index in [4.69, 9.17) is 20.9 Å². The average molecular weight is 463 g/mol. The SMILES string of the molecule is CC(C)C(CC(=O)O)NC(=O)CNC(=O)c1cccc(N=CNN)c1.O=C(O)C(F)(F)F. The summed E-state index contributed by atoms with van der Waals surface area (Å²) in [4.78, 5) is 47.7. The maximum Gasteiger partial charge on any atom is 0.490 e. The Labute approximate surface area is 180 Å². The van der Waals surface area contributed by atoms with Crippen LogP contribution in [0.1, 0.15) is 30.6 Å². The first kappa shape index (κ1) is 28.3. The first-order valence-corrected chi connectivity index (χ1v) is 8.96. The van der Waals surface area contributed by atoms with Crippen LogP contribution in [0.2, 0.25) is 0 Å². The Hall–Kier alpha value is -3.68. The highest BCUT2D eigenvalue weighted by atomic mass is 19.4. The van der Waals surface area contributed by atoms with E-state index in [0.717, 1.165) is 0 Å². The summed E-state index contributed by atoms with van der Waals surface area (Å²) in [5, 5.41) is 21.1. The number of carbonyl (C=O) groups is 4. The molecular formula is C18H24F3N5O6. The van der Waals surface area contributed by atoms with Gasteiger partial charge in [0.05, 0.1) is 18.7 Å². The molecule has 0 heterocycles. The number of aliphatic imine (C=N–C) groups is 1. The average Bonchev–Trinajstić information content (AvgIpc) is 2.69. The van der Waals surface area contributed by atoms with Gasteiger partial charge in [-0.2, -0.15) is 13.2 Å². The molecule has 0 saturated carbocycles. The second-order valence-electron chi connectivity index (χ2n) is 6.48. The number of hydrazine groups is 1. The monoisotopic (exact) mass is 463 g/mol. The number of alkyl halides is 3. The number of hydrogen-bond acceptors (Lipinski definition) is 6. The standard InChI is InChI=1S/C16H23N5O4.C2HF3O2/c1-10(2)13(7-15(23)24)21-14(22)8-18-16(25)11-4-3-5-12(6-11)19-9-20-17;3-2(4,5)1(6)7/h3-6,9-10,13H,7-8,17H2,1-2H3,(H,18,25)(H,19,20)(H,21,22)(H,23,24);(H,6,7). The number of aliphatic carboxylic acids is 2. The number of carboxylic acids is 2. The van der Waals surface area contributed by atoms with Gasteiger partial charge in [0.25, 0.3) is 5.91 Å². The lowest BCUT2D eigenvalue weighted by Gasteiger charge is -2.20. The first-order valence-electron chi connectivity index (χ1n) is 8.96. The number of nitrogens with two attached hydrogens (primary N) is 1. The Morgan fingerprint density at radius 3 is 2.25 bits per heavy atom. The molecule has 1 aromatic rings. The molecule has 0 aromatic heterocycles. The van der Waals surface area contributed by atoms with E-state index in [9.17, 15) is 27.6 Å². The van der Waals surface area contributed by atoms with Crippen molar-refractivity contribution in [2.75, 3.05) is 6.54 Å². The molecule has 7 N–H and O–H groups in total. The molecule has 2 amide bonds. The van der Waals surface area contributed by atoms with Gasteiger partial charge < -0.3 is 26.3 Å². The third kappa shape index (κ3) is 12.1. The minimum absolute atomic E-state index is 0.0403. The van der Waals surface area contributed by atoms with E-state index in [1.54, 1.807) is 24.3 Å². The summed E-state index contributed by atoms with van der Waals surface area (Å²) in [6.07, 6.45) is -3.98. The van der Waals surface area contributed by atoms with Crippen molar-refractivity contribution in [1.82, 2.24) is 16.1 Å². The van der Waals surface area contributed by atoms with E-state index >= 15 is 0 Å². The van der Waals surface area contributed by atoms with Gasteiger partial charge in [0.15, 0.2) is 0 Å². The van der Waals surface area contributed by atoms with Crippen molar-refractivity contribution in [3.8, 4) is 0 Å². The van der Waals surface area contributed by atoms with Gasteiger partial charge in [0, 0.05) is 11.6 Å². The van der Waals surface area contributed by atoms with Gasteiger partial charge >= 0.3 is 18.1 Å². The molecule has 0 radical (unpaired) electrons. The van der Waals surface area contributed by atoms with Crippen LogP contribution in [-0.2, 0) is 14.4 Å². The van der Waals surface area contributed by atoms with Crippen LogP contribution in [0.15, 0.2) is 29.3 Å². The molecule has 1 atom stereocenters. The van der Waals surface area contributed by atoms with Crippen molar-refractivity contribution in [2.45, 2.75) is 32.5 Å². The van der Waals surface area contributed by atoms with E-state index in [1.807, 2.05) is 13.8 Å². The minimum atomic E-state index is -5.08. The van der Waals surface area contributed by atoms with Gasteiger partial charge in [-0.15, -0.1) is 0 Å². The summed E-state index contributed by atoms with van der Waals surface area (Å²) in [5.74, 6) is 0.409. The Morgan fingerprint density at radius 2 is 1.78 bits per heavy atom. The molecule has 0 spiro atoms. The number of amides is 2. The topological polar surface area (TPSA) is 183 Å². The number of rotatable bonds is 9. The second kappa shape index (κ2) is 13.6. The fourth-order valence-corrected chi connectivity index (χ4v) is 2.00. The Bertz CT molecular complexity index is 830. The van der Waals surface area contributed by atoms with Gasteiger partial charge in [-0.1, -0.05) is 19.9 Å². The van der Waals surface area contributed by atoms with Crippen molar-refractivity contribution in [1.29, 1.82) is 0 Å². The number of carboxylic acid groups (broad SMARTS) is 2. The van der Waals surface area contributed by atoms with Crippen molar-refractivity contribution in [3.05, 3.63) is 29.8 Å². The predicted molar refractivity (Wildman–Crippen MR) is 107 cm³/mol. The first-order chi connectivity index (χ1) is 14.8. The van der Waals surface area contributed by atoms with Crippen molar-refractivity contribution in [2.24, 2.45) is 16.8 Å². The third-order valence-electron chi connectivity index (χ3n) is 3.59. The van der Waals surface area contributed by atoms with Gasteiger partial charge in [-0.25, -0.2) is 15.6 Å². The maximum absolute atomic E-state index is 12.1. The van der Waals surface area contributed by atoms with Crippen LogP contribution in [0.3, 0.4) is 0 Å². The lowest BCUT2D eigenvalue weighted by Crippen LogP contribution is -2.45. The summed E-state index contributed by atoms with van der Waals surface area (Å²) >= 11 is 0. The van der Waals surface area contributed by atoms with Gasteiger partial charge in [0.1, 0.15) is 6.34 Å². The van der Waals surface area contributed by atoms with E-state index in [0.29, 0.717) is 11.3 Å². The minimum Gasteiger partial charge on any atom is -0.481 e. The van der Waals surface area contributed by atoms with E-state index in [2.05, 4.69) is 21.1 Å². The third-order valence-corrected chi connectivity index (χ3v) is 3.59. The number of halogens is 3. The summed E-state index contributed by atoms with van der Waals surface area (Å²) in [6, 6.07) is 5.98. The number of nitrogens with zero attached hydrogens (tertiary/aromatic N) is 1. The normalized spacial score (nSPS) is 11.8. The highest BCUT2D eigenvalue weighted by Crippen LogP contribution is 2.14. The quantitative estimate of drug-likeness (QED) is 0.134. The zero-order chi connectivity index (χ0) is 24.9. The number of nitrogens with one attached hydrogen (secondary N) is 3. The van der Waals surface area contributed by atoms with Gasteiger partial charge in [0.2, 0.25) is 5.91 Å². The number of carbonyl (C=O) groups excluding carboxylic acids is 2. The predicted octanol–water partition coefficient (Wildman–Crippen LogP) is 0.788. The van der Waals surface area contributed by atoms with Crippen LogP contribution in [0, 0.1) is 5.92 Å². The molecular weight excluding hydrogens is 439 g/mol. The summed E-state index contributed by atoms with van der Waals surface area (Å²) < 4.78 is 31.7. The molecule has 0 fully saturated rings. The smallest absolute Gasteiger partial charge is 0.481 e. The van der Waals surface area contributed by atoms with Crippen LogP contribution >= 0.6 is 0 Å². The molecule has 178 valence electrons. The van der Waals surface area contributed by atoms with Gasteiger partial charge in [-0.05, 0) is 24.1 Å². The maximum atomic E-state index is 12.1. The van der Waals surface area contributed by atoms with Crippen molar-refractivity contribution < 1.29 is 42.6 Å². The summed E-state index contributed by atoms with van der Waals surface area (Å²) in [6.45, 7) is 3.38. The molecule has 1 unspecified atom stereocenters. The summed E-state index contributed by atoms with van der Waals surface area (Å²) in [5.41, 5.74) is 3.12. The Balaban J connectivity index is 0.00000118. The largest absolute Gasteiger partial charge is 0.490 e. The molecule has 1 aromatic carbocycles. The van der Waals surface area contributed by atoms with Crippen molar-refractivity contribution >= 4 is 35.8 Å². The molecule has 1 rings (SSSR count). The van der Waals surface area contributed by atoms with Crippen LogP contribution in [0.25, 0.3) is 0 Å². The molecule has 0 saturated heterocycles. The lowest BCUT2D eigenvalue weighted by molar-refractivity contribution is -0.192. The molecule has 0 aliphatic rings. The van der Waals surface area contributed by atoms with Crippen molar-refractivity contribution in [3.63, 3.8) is 0 Å². The van der Waals surface area contributed by atoms with Crippen LogP contribution in [0.5, 0.6) is 0 Å². The fourth-order valence-electron chi connectivity index (χ4n) is 2.00. The molecule has 14 heteroatoms. The van der Waals surface area contributed by atoms with Crippen LogP contribution < -0.4 is 21.9 Å². The molecule has 0 aliphatic heterocycles. The molecule has 0 bridgehead atoms. The van der Waals surface area contributed by atoms with E-state index in [-0.39, 0.29) is 18.9 Å². The Morgan fingerprint density at radius 1 is 1.19 bits per heavy atom. The van der Waals surface area contributed by atoms with Gasteiger partial charge in [-0.3, -0.25) is 14.4 Å². The lowest BCUT2D eigenvalue weighted by atomic mass is 10.0. The fraction of sp³-hybridized carbons (Fsp3) is 0.389. The zero-order valence-electron chi connectivity index (χ0n) is 17.1. The molecule has 32 heavy (non-hydrogen) atoms. The number of benzene rings is 1. The highest BCUT2D eigenvalue weighted by molar-refractivity contribution is 5.97. The molecule has 11 nitrogen and oxygen atoms in total. The highest BCUT2D eigenvalue weighted by Gasteiger charge is 2.38. The zero-order valence-corrected chi connectivity index (χ0v) is 17.1. The summed E-state index contributed by atoms with van der Waals surface area (Å²) in [7, 11) is 0. The van der Waals surface area contributed by atoms with Crippen LogP contribution in [0.4, 0.5) is 18.9 Å². The molecule has 0 aliphatic carbocycles. The second-order valence-corrected chi connectivity index (χ2v) is 6.48. The van der Waals surface area contributed by atoms with E-state index < -0.39 is 36.0 Å². The van der Waals surface area contributed by atoms with Crippen LogP contribution in [-0.4, -0.2) is 59.1 Å². The van der Waals surface area contributed by atoms with E-state index in [1.165, 1.54) is 6.34 Å². The Kier molecular flexibility index (Phi) is 12.0. The number of hydrogen-bond donors (Lipinski definition) is 6.